The van der Waals surface area contributed by atoms with Crippen molar-refractivity contribution in [3.8, 4) is 0 Å². The number of halogens is 2. The number of rotatable bonds is 6. The van der Waals surface area contributed by atoms with Crippen LogP contribution in [0.1, 0.15) is 21.5 Å². The van der Waals surface area contributed by atoms with E-state index in [1.54, 1.807) is 5.01 Å². The second-order valence-electron chi connectivity index (χ2n) is 5.93. The van der Waals surface area contributed by atoms with Gasteiger partial charge >= 0.3 is 0 Å². The minimum absolute atomic E-state index is 0.0615. The average Bonchev–Trinajstić information content (AvgIpc) is 2.62. The summed E-state index contributed by atoms with van der Waals surface area (Å²) in [5.41, 5.74) is 4.70. The molecule has 3 rings (SSSR count). The molecular weight excluding hydrogens is 334 g/mol. The molecule has 0 radical (unpaired) electrons. The molecule has 0 spiro atoms. The molecule has 0 aliphatic carbocycles. The summed E-state index contributed by atoms with van der Waals surface area (Å²) in [4.78, 5) is 12.5. The van der Waals surface area contributed by atoms with Crippen LogP contribution in [0.15, 0.2) is 78.9 Å². The third-order valence-corrected chi connectivity index (χ3v) is 3.82. The van der Waals surface area contributed by atoms with Gasteiger partial charge in [-0.3, -0.25) is 10.2 Å². The lowest BCUT2D eigenvalue weighted by Gasteiger charge is -2.23. The Morgan fingerprint density at radius 1 is 0.769 bits per heavy atom. The van der Waals surface area contributed by atoms with Crippen molar-refractivity contribution in [3.63, 3.8) is 0 Å². The maximum Gasteiger partial charge on any atom is 0.265 e. The smallest absolute Gasteiger partial charge is 0.265 e. The molecule has 0 aromatic heterocycles. The predicted molar refractivity (Wildman–Crippen MR) is 96.0 cm³/mol. The molecule has 132 valence electrons. The second kappa shape index (κ2) is 8.36. The second-order valence-corrected chi connectivity index (χ2v) is 5.93. The first-order valence-corrected chi connectivity index (χ1v) is 8.20. The zero-order valence-electron chi connectivity index (χ0n) is 14.0. The molecule has 3 aromatic rings. The van der Waals surface area contributed by atoms with E-state index in [2.05, 4.69) is 5.43 Å². The summed E-state index contributed by atoms with van der Waals surface area (Å²) >= 11 is 0. The highest BCUT2D eigenvalue weighted by Crippen LogP contribution is 2.11. The molecule has 0 fully saturated rings. The third kappa shape index (κ3) is 4.97. The molecule has 0 heterocycles. The fraction of sp³-hybridized carbons (Fsp3) is 0.0952. The summed E-state index contributed by atoms with van der Waals surface area (Å²) < 4.78 is 26.8. The van der Waals surface area contributed by atoms with Gasteiger partial charge in [0.15, 0.2) is 0 Å². The van der Waals surface area contributed by atoms with Crippen LogP contribution in [0.4, 0.5) is 8.78 Å². The molecule has 26 heavy (non-hydrogen) atoms. The van der Waals surface area contributed by atoms with Gasteiger partial charge in [-0.15, -0.1) is 0 Å². The quantitative estimate of drug-likeness (QED) is 0.671. The molecule has 0 aliphatic heterocycles. The topological polar surface area (TPSA) is 32.3 Å². The van der Waals surface area contributed by atoms with Gasteiger partial charge < -0.3 is 0 Å². The molecule has 1 amide bonds. The lowest BCUT2D eigenvalue weighted by molar-refractivity contribution is 0.0758. The van der Waals surface area contributed by atoms with Crippen molar-refractivity contribution in [2.24, 2.45) is 0 Å². The summed E-state index contributed by atoms with van der Waals surface area (Å²) in [5, 5.41) is 1.72. The maximum absolute atomic E-state index is 13.4. The van der Waals surface area contributed by atoms with Crippen molar-refractivity contribution in [2.45, 2.75) is 13.1 Å². The number of amides is 1. The Hall–Kier alpha value is -3.05. The van der Waals surface area contributed by atoms with Crippen LogP contribution in [-0.2, 0) is 13.1 Å². The van der Waals surface area contributed by atoms with Crippen LogP contribution in [-0.4, -0.2) is 10.9 Å². The van der Waals surface area contributed by atoms with Crippen molar-refractivity contribution in [1.82, 2.24) is 10.4 Å². The summed E-state index contributed by atoms with van der Waals surface area (Å²) in [6.45, 7) is 0.915. The van der Waals surface area contributed by atoms with E-state index in [9.17, 15) is 13.6 Å². The standard InChI is InChI=1S/C21H18F2N2O/c22-19-11-18(12-20(23)13-19)21(26)24-25(14-16-7-3-1-4-8-16)15-17-9-5-2-6-10-17/h1-13H,14-15H2,(H,24,26). The van der Waals surface area contributed by atoms with Crippen LogP contribution in [0.5, 0.6) is 0 Å². The Kier molecular flexibility index (Phi) is 5.71. The summed E-state index contributed by atoms with van der Waals surface area (Å²) in [6, 6.07) is 22.1. The number of benzene rings is 3. The van der Waals surface area contributed by atoms with Crippen LogP contribution in [0, 0.1) is 11.6 Å². The molecule has 1 N–H and O–H groups in total. The number of nitrogens with one attached hydrogen (secondary N) is 1. The van der Waals surface area contributed by atoms with Crippen molar-refractivity contribution in [2.75, 3.05) is 0 Å². The number of carbonyl (C=O) groups is 1. The molecule has 0 saturated heterocycles. The molecule has 0 bridgehead atoms. The van der Waals surface area contributed by atoms with E-state index in [1.807, 2.05) is 60.7 Å². The van der Waals surface area contributed by atoms with Crippen LogP contribution in [0.2, 0.25) is 0 Å². The number of carbonyl (C=O) groups excluding carboxylic acids is 1. The molecular formula is C21H18F2N2O. The fourth-order valence-electron chi connectivity index (χ4n) is 2.64. The molecule has 0 saturated carbocycles. The van der Waals surface area contributed by atoms with Gasteiger partial charge in [0.05, 0.1) is 0 Å². The van der Waals surface area contributed by atoms with Crippen molar-refractivity contribution in [3.05, 3.63) is 107 Å². The summed E-state index contributed by atoms with van der Waals surface area (Å²) in [7, 11) is 0. The molecule has 0 aliphatic rings. The highest BCUT2D eigenvalue weighted by atomic mass is 19.1. The number of nitrogens with zero attached hydrogens (tertiary/aromatic N) is 1. The van der Waals surface area contributed by atoms with Crippen LogP contribution in [0.25, 0.3) is 0 Å². The van der Waals surface area contributed by atoms with Crippen molar-refractivity contribution < 1.29 is 13.6 Å². The Morgan fingerprint density at radius 2 is 1.23 bits per heavy atom. The molecule has 0 atom stereocenters. The monoisotopic (exact) mass is 352 g/mol. The predicted octanol–water partition coefficient (Wildman–Crippen LogP) is 4.31. The molecule has 0 unspecified atom stereocenters. The van der Waals surface area contributed by atoms with Gasteiger partial charge in [0.2, 0.25) is 0 Å². The van der Waals surface area contributed by atoms with E-state index >= 15 is 0 Å². The molecule has 3 nitrogen and oxygen atoms in total. The maximum atomic E-state index is 13.4. The number of hydrogen-bond acceptors (Lipinski definition) is 2. The minimum atomic E-state index is -0.784. The largest absolute Gasteiger partial charge is 0.284 e. The Labute approximate surface area is 150 Å². The fourth-order valence-corrected chi connectivity index (χ4v) is 2.64. The zero-order chi connectivity index (χ0) is 18.4. The normalized spacial score (nSPS) is 10.7. The summed E-state index contributed by atoms with van der Waals surface area (Å²) in [6.07, 6.45) is 0. The lowest BCUT2D eigenvalue weighted by atomic mass is 10.2. The van der Waals surface area contributed by atoms with Crippen molar-refractivity contribution >= 4 is 5.91 Å². The first-order chi connectivity index (χ1) is 12.6. The first kappa shape index (κ1) is 17.8. The average molecular weight is 352 g/mol. The lowest BCUT2D eigenvalue weighted by Crippen LogP contribution is -2.41. The van der Waals surface area contributed by atoms with Gasteiger partial charge in [0, 0.05) is 24.7 Å². The third-order valence-electron chi connectivity index (χ3n) is 3.82. The van der Waals surface area contributed by atoms with Gasteiger partial charge in [-0.2, -0.15) is 0 Å². The minimum Gasteiger partial charge on any atom is -0.284 e. The van der Waals surface area contributed by atoms with Gasteiger partial charge in [-0.1, -0.05) is 60.7 Å². The van der Waals surface area contributed by atoms with E-state index in [4.69, 9.17) is 0 Å². The molecule has 5 heteroatoms. The van der Waals surface area contributed by atoms with Gasteiger partial charge in [0.25, 0.3) is 5.91 Å². The van der Waals surface area contributed by atoms with Crippen LogP contribution < -0.4 is 5.43 Å². The Morgan fingerprint density at radius 3 is 1.69 bits per heavy atom. The Bertz CT molecular complexity index is 808. The highest BCUT2D eigenvalue weighted by Gasteiger charge is 2.14. The van der Waals surface area contributed by atoms with Crippen LogP contribution >= 0.6 is 0 Å². The highest BCUT2D eigenvalue weighted by molar-refractivity contribution is 5.93. The van der Waals surface area contributed by atoms with Gasteiger partial charge in [-0.25, -0.2) is 13.8 Å². The SMILES string of the molecule is O=C(NN(Cc1ccccc1)Cc1ccccc1)c1cc(F)cc(F)c1. The van der Waals surface area contributed by atoms with E-state index in [1.165, 1.54) is 0 Å². The van der Waals surface area contributed by atoms with Crippen molar-refractivity contribution in [1.29, 1.82) is 0 Å². The van der Waals surface area contributed by atoms with Crippen LogP contribution in [0.3, 0.4) is 0 Å². The first-order valence-electron chi connectivity index (χ1n) is 8.20. The van der Waals surface area contributed by atoms with Gasteiger partial charge in [-0.05, 0) is 23.3 Å². The van der Waals surface area contributed by atoms with E-state index < -0.39 is 17.5 Å². The number of hydrogen-bond donors (Lipinski definition) is 1. The summed E-state index contributed by atoms with van der Waals surface area (Å²) in [5.74, 6) is -2.13. The van der Waals surface area contributed by atoms with E-state index in [-0.39, 0.29) is 5.56 Å². The zero-order valence-corrected chi connectivity index (χ0v) is 14.0. The van der Waals surface area contributed by atoms with E-state index in [0.717, 1.165) is 29.3 Å². The van der Waals surface area contributed by atoms with E-state index in [0.29, 0.717) is 13.1 Å². The Balaban J connectivity index is 1.79. The molecule has 3 aromatic carbocycles. The number of hydrazine groups is 1. The van der Waals surface area contributed by atoms with Gasteiger partial charge in [0.1, 0.15) is 11.6 Å².